The second-order valence-electron chi connectivity index (χ2n) is 14.8. The van der Waals surface area contributed by atoms with Crippen LogP contribution in [-0.2, 0) is 0 Å². The van der Waals surface area contributed by atoms with Crippen LogP contribution < -0.4 is 0 Å². The molecule has 0 atom stereocenters. The lowest BCUT2D eigenvalue weighted by atomic mass is 10.1. The number of pyridine rings is 12. The Bertz CT molecular complexity index is 2420. The molecule has 0 saturated carbocycles. The van der Waals surface area contributed by atoms with Gasteiger partial charge in [-0.15, -0.1) is 0 Å². The van der Waals surface area contributed by atoms with E-state index in [0.717, 1.165) is 67.4 Å². The molecule has 0 amide bonds. The number of hydrogen-bond acceptors (Lipinski definition) is 12. The summed E-state index contributed by atoms with van der Waals surface area (Å²) in [4.78, 5) is 49.1. The van der Waals surface area contributed by atoms with Crippen molar-refractivity contribution >= 4 is 0 Å². The largest absolute Gasteiger partial charge is 0.265 e. The van der Waals surface area contributed by atoms with Crippen LogP contribution in [0.1, 0.15) is 83.1 Å². The van der Waals surface area contributed by atoms with Gasteiger partial charge in [0, 0.05) is 151 Å². The molecular formula is C72H84N12. The van der Waals surface area contributed by atoms with Gasteiger partial charge in [-0.25, -0.2) is 0 Å². The Hall–Kier alpha value is -10.2. The van der Waals surface area contributed by atoms with Crippen LogP contribution in [0.25, 0.3) is 67.4 Å². The van der Waals surface area contributed by atoms with Gasteiger partial charge in [-0.1, -0.05) is 132 Å². The van der Waals surface area contributed by atoms with E-state index in [9.17, 15) is 0 Å². The van der Waals surface area contributed by atoms with Crippen LogP contribution in [0.5, 0.6) is 0 Å². The van der Waals surface area contributed by atoms with E-state index in [2.05, 4.69) is 59.8 Å². The molecule has 0 N–H and O–H groups in total. The standard InChI is InChI=1S/6C10H8N2.6C2H6/c1-3-9(7-11-5-1)10-4-2-6-12-8-10;1-3-7-11-9(5-1)10-6-2-4-8-12-10;1-2-10(8-12-5-1)9-3-6-11-7-4-9;2*1-2-7-12-10(5-1)9-4-3-6-11-8-9;1-2-6-12-10(3-1)9-4-7-11-8-5-9;6*1-2/h6*1-8H;6*1-2H3. The zero-order valence-corrected chi connectivity index (χ0v) is 51.1. The Labute approximate surface area is 501 Å². The van der Waals surface area contributed by atoms with Crippen LogP contribution in [0, 0.1) is 0 Å². The fraction of sp³-hybridized carbons (Fsp3) is 0.167. The maximum Gasteiger partial charge on any atom is 0.0886 e. The summed E-state index contributed by atoms with van der Waals surface area (Å²) in [5.74, 6) is 0. The van der Waals surface area contributed by atoms with Gasteiger partial charge in [-0.3, -0.25) is 59.8 Å². The molecule has 0 aromatic carbocycles. The summed E-state index contributed by atoms with van der Waals surface area (Å²) in [6.45, 7) is 24.0. The molecule has 12 nitrogen and oxygen atoms in total. The van der Waals surface area contributed by atoms with Gasteiger partial charge >= 0.3 is 0 Å². The molecule has 84 heavy (non-hydrogen) atoms. The average molecular weight is 1120 g/mol. The van der Waals surface area contributed by atoms with Gasteiger partial charge in [0.2, 0.25) is 0 Å². The van der Waals surface area contributed by atoms with E-state index < -0.39 is 0 Å². The topological polar surface area (TPSA) is 155 Å². The van der Waals surface area contributed by atoms with Crippen molar-refractivity contribution in [2.24, 2.45) is 0 Å². The summed E-state index contributed by atoms with van der Waals surface area (Å²) < 4.78 is 0. The first kappa shape index (κ1) is 71.8. The first-order chi connectivity index (χ1) is 41.8. The summed E-state index contributed by atoms with van der Waals surface area (Å²) in [5.41, 5.74) is 12.4. The van der Waals surface area contributed by atoms with Crippen molar-refractivity contribution < 1.29 is 0 Å². The molecule has 0 spiro atoms. The van der Waals surface area contributed by atoms with Crippen molar-refractivity contribution in [2.45, 2.75) is 83.1 Å². The van der Waals surface area contributed by atoms with Gasteiger partial charge in [0.05, 0.1) is 28.5 Å². The van der Waals surface area contributed by atoms with Gasteiger partial charge < -0.3 is 0 Å². The highest BCUT2D eigenvalue weighted by Gasteiger charge is 1.99. The summed E-state index contributed by atoms with van der Waals surface area (Å²) >= 11 is 0. The second kappa shape index (κ2) is 51.0. The Morgan fingerprint density at radius 2 is 0.381 bits per heavy atom. The minimum atomic E-state index is 0.915. The number of nitrogens with zero attached hydrogens (tertiary/aromatic N) is 12. The molecule has 12 aromatic rings. The first-order valence-corrected chi connectivity index (χ1v) is 28.7. The second-order valence-corrected chi connectivity index (χ2v) is 14.8. The fourth-order valence-electron chi connectivity index (χ4n) is 6.33. The molecular weight excluding hydrogens is 1030 g/mol. The molecule has 0 bridgehead atoms. The molecule has 0 aliphatic rings. The molecule has 12 rings (SSSR count). The van der Waals surface area contributed by atoms with Crippen molar-refractivity contribution in [3.63, 3.8) is 0 Å². The van der Waals surface area contributed by atoms with Crippen LogP contribution >= 0.6 is 0 Å². The predicted octanol–water partition coefficient (Wildman–Crippen LogP) is 19.0. The fourth-order valence-corrected chi connectivity index (χ4v) is 6.33. The minimum absolute atomic E-state index is 0.915. The minimum Gasteiger partial charge on any atom is -0.265 e. The first-order valence-electron chi connectivity index (χ1n) is 28.7. The van der Waals surface area contributed by atoms with E-state index in [-0.39, 0.29) is 0 Å². The number of aromatic nitrogens is 12. The normalized spacial score (nSPS) is 8.71. The lowest BCUT2D eigenvalue weighted by Gasteiger charge is -1.97. The van der Waals surface area contributed by atoms with Crippen molar-refractivity contribution in [3.05, 3.63) is 294 Å². The number of hydrogen-bond donors (Lipinski definition) is 0. The molecule has 12 heterocycles. The monoisotopic (exact) mass is 1120 g/mol. The Kier molecular flexibility index (Phi) is 43.6. The van der Waals surface area contributed by atoms with E-state index in [1.165, 1.54) is 0 Å². The summed E-state index contributed by atoms with van der Waals surface area (Å²) in [6, 6.07) is 56.6. The molecule has 0 unspecified atom stereocenters. The van der Waals surface area contributed by atoms with E-state index in [0.29, 0.717) is 0 Å². The summed E-state index contributed by atoms with van der Waals surface area (Å²) in [6.07, 6.45) is 33.9. The van der Waals surface area contributed by atoms with Crippen molar-refractivity contribution in [2.75, 3.05) is 0 Å². The van der Waals surface area contributed by atoms with Gasteiger partial charge in [0.25, 0.3) is 0 Å². The van der Waals surface area contributed by atoms with Crippen LogP contribution in [0.15, 0.2) is 294 Å². The van der Waals surface area contributed by atoms with Gasteiger partial charge in [-0.2, -0.15) is 0 Å². The Morgan fingerprint density at radius 3 is 0.619 bits per heavy atom. The molecule has 0 radical (unpaired) electrons. The quantitative estimate of drug-likeness (QED) is 0.156. The Morgan fingerprint density at radius 1 is 0.155 bits per heavy atom. The third-order valence-corrected chi connectivity index (χ3v) is 9.81. The third-order valence-electron chi connectivity index (χ3n) is 9.81. The van der Waals surface area contributed by atoms with Gasteiger partial charge in [0.1, 0.15) is 0 Å². The predicted molar refractivity (Wildman–Crippen MR) is 353 cm³/mol. The highest BCUT2D eigenvalue weighted by atomic mass is 14.8. The molecule has 12 aromatic heterocycles. The third kappa shape index (κ3) is 29.9. The van der Waals surface area contributed by atoms with Crippen molar-refractivity contribution in [3.8, 4) is 67.4 Å². The van der Waals surface area contributed by atoms with Crippen molar-refractivity contribution in [1.29, 1.82) is 0 Å². The zero-order valence-electron chi connectivity index (χ0n) is 51.1. The van der Waals surface area contributed by atoms with E-state index in [1.54, 1.807) is 86.8 Å². The molecule has 12 heteroatoms. The number of rotatable bonds is 6. The van der Waals surface area contributed by atoms with Crippen LogP contribution in [0.2, 0.25) is 0 Å². The average Bonchev–Trinajstić information content (AvgIpc) is 3.65. The zero-order chi connectivity index (χ0) is 61.4. The van der Waals surface area contributed by atoms with Crippen LogP contribution in [0.3, 0.4) is 0 Å². The molecule has 0 aliphatic carbocycles. The highest BCUT2D eigenvalue weighted by Crippen LogP contribution is 2.18. The SMILES string of the molecule is CC.CC.CC.CC.CC.CC.c1ccc(-c2ccccn2)nc1.c1ccc(-c2cccnc2)nc1.c1ccc(-c2cccnc2)nc1.c1ccc(-c2ccncc2)nc1.c1cncc(-c2cccnc2)c1.c1cncc(-c2ccncc2)c1. The smallest absolute Gasteiger partial charge is 0.0886 e. The molecule has 0 saturated heterocycles. The maximum absolute atomic E-state index is 4.22. The van der Waals surface area contributed by atoms with E-state index in [1.807, 2.05) is 290 Å². The molecule has 0 aliphatic heterocycles. The van der Waals surface area contributed by atoms with Gasteiger partial charge in [0.15, 0.2) is 0 Å². The summed E-state index contributed by atoms with van der Waals surface area (Å²) in [7, 11) is 0. The van der Waals surface area contributed by atoms with Crippen molar-refractivity contribution in [1.82, 2.24) is 59.8 Å². The van der Waals surface area contributed by atoms with Gasteiger partial charge in [-0.05, 0) is 133 Å². The molecule has 0 fully saturated rings. The lowest BCUT2D eigenvalue weighted by Crippen LogP contribution is -1.83. The maximum atomic E-state index is 4.22. The Balaban J connectivity index is 0.000000486. The molecule has 432 valence electrons. The highest BCUT2D eigenvalue weighted by molar-refractivity contribution is 5.62. The van der Waals surface area contributed by atoms with E-state index >= 15 is 0 Å². The van der Waals surface area contributed by atoms with Crippen LogP contribution in [-0.4, -0.2) is 59.8 Å². The van der Waals surface area contributed by atoms with E-state index in [4.69, 9.17) is 0 Å². The summed E-state index contributed by atoms with van der Waals surface area (Å²) in [5, 5.41) is 0. The lowest BCUT2D eigenvalue weighted by molar-refractivity contribution is 1.25. The van der Waals surface area contributed by atoms with Crippen LogP contribution in [0.4, 0.5) is 0 Å².